The number of nitrogens with zero attached hydrogens (tertiary/aromatic N) is 1. The molecular formula is C18H20BrClN4O2. The summed E-state index contributed by atoms with van der Waals surface area (Å²) in [5, 5.41) is 6.25. The van der Waals surface area contributed by atoms with E-state index >= 15 is 0 Å². The Balaban J connectivity index is 1.85. The van der Waals surface area contributed by atoms with Crippen LogP contribution in [0.2, 0.25) is 5.02 Å². The van der Waals surface area contributed by atoms with Gasteiger partial charge in [0.05, 0.1) is 18.7 Å². The highest BCUT2D eigenvalue weighted by molar-refractivity contribution is 9.10. The molecule has 0 aliphatic heterocycles. The lowest BCUT2D eigenvalue weighted by Crippen LogP contribution is -2.23. The van der Waals surface area contributed by atoms with Gasteiger partial charge in [-0.3, -0.25) is 9.79 Å². The van der Waals surface area contributed by atoms with Gasteiger partial charge in [0.25, 0.3) is 0 Å². The number of aryl methyl sites for hydroxylation is 1. The molecule has 0 unspecified atom stereocenters. The number of halogens is 2. The van der Waals surface area contributed by atoms with Crippen molar-refractivity contribution < 1.29 is 9.53 Å². The summed E-state index contributed by atoms with van der Waals surface area (Å²) >= 11 is 9.45. The minimum absolute atomic E-state index is 0.125. The van der Waals surface area contributed by atoms with E-state index in [1.54, 1.807) is 25.3 Å². The average molecular weight is 440 g/mol. The van der Waals surface area contributed by atoms with Crippen molar-refractivity contribution >= 4 is 50.8 Å². The Morgan fingerprint density at radius 2 is 2.04 bits per heavy atom. The van der Waals surface area contributed by atoms with E-state index in [1.807, 2.05) is 25.1 Å². The standard InChI is InChI=1S/C18H20BrClN4O2/c1-11-9-12(19)3-5-15(11)24-17(25)7-8-22-18(21)23-13-4-6-16(26-2)14(20)10-13/h3-6,9-10H,7-8H2,1-2H3,(H,24,25)(H3,21,22,23). The van der Waals surface area contributed by atoms with Crippen LogP contribution in [0.3, 0.4) is 0 Å². The van der Waals surface area contributed by atoms with Crippen molar-refractivity contribution in [3.8, 4) is 5.75 Å². The SMILES string of the molecule is COc1ccc(NC(N)=NCCC(=O)Nc2ccc(Br)cc2C)cc1Cl. The maximum Gasteiger partial charge on any atom is 0.226 e. The second kappa shape index (κ2) is 9.45. The van der Waals surface area contributed by atoms with E-state index in [9.17, 15) is 4.79 Å². The highest BCUT2D eigenvalue weighted by Crippen LogP contribution is 2.27. The minimum Gasteiger partial charge on any atom is -0.495 e. The number of nitrogens with two attached hydrogens (primary N) is 1. The highest BCUT2D eigenvalue weighted by Gasteiger charge is 2.06. The molecule has 0 fully saturated rings. The van der Waals surface area contributed by atoms with Crippen molar-refractivity contribution in [1.29, 1.82) is 0 Å². The number of nitrogens with one attached hydrogen (secondary N) is 2. The van der Waals surface area contributed by atoms with Crippen LogP contribution < -0.4 is 21.1 Å². The van der Waals surface area contributed by atoms with Crippen molar-refractivity contribution in [3.63, 3.8) is 0 Å². The largest absolute Gasteiger partial charge is 0.495 e. The topological polar surface area (TPSA) is 88.7 Å². The molecule has 0 saturated heterocycles. The summed E-state index contributed by atoms with van der Waals surface area (Å²) in [7, 11) is 1.55. The number of hydrogen-bond donors (Lipinski definition) is 3. The molecule has 0 atom stereocenters. The number of anilines is 2. The van der Waals surface area contributed by atoms with Crippen LogP contribution >= 0.6 is 27.5 Å². The fourth-order valence-electron chi connectivity index (χ4n) is 2.19. The number of methoxy groups -OCH3 is 1. The van der Waals surface area contributed by atoms with Gasteiger partial charge >= 0.3 is 0 Å². The van der Waals surface area contributed by atoms with Gasteiger partial charge in [-0.25, -0.2) is 0 Å². The van der Waals surface area contributed by atoms with Crippen LogP contribution in [0, 0.1) is 6.92 Å². The zero-order valence-electron chi connectivity index (χ0n) is 14.5. The number of rotatable bonds is 6. The maximum absolute atomic E-state index is 12.0. The summed E-state index contributed by atoms with van der Waals surface area (Å²) in [5.74, 6) is 0.658. The average Bonchev–Trinajstić information content (AvgIpc) is 2.57. The minimum atomic E-state index is -0.125. The van der Waals surface area contributed by atoms with Gasteiger partial charge in [-0.1, -0.05) is 27.5 Å². The normalized spacial score (nSPS) is 11.2. The van der Waals surface area contributed by atoms with E-state index in [0.29, 0.717) is 16.5 Å². The molecule has 0 aromatic heterocycles. The summed E-state index contributed by atoms with van der Waals surface area (Å²) in [5.41, 5.74) is 8.28. The van der Waals surface area contributed by atoms with Crippen LogP contribution in [0.25, 0.3) is 0 Å². The van der Waals surface area contributed by atoms with Gasteiger partial charge in [-0.15, -0.1) is 0 Å². The molecule has 2 aromatic carbocycles. The van der Waals surface area contributed by atoms with Gasteiger partial charge in [0.1, 0.15) is 5.75 Å². The molecule has 0 aliphatic rings. The first-order valence-corrected chi connectivity index (χ1v) is 9.02. The smallest absolute Gasteiger partial charge is 0.226 e. The number of benzene rings is 2. The van der Waals surface area contributed by atoms with E-state index in [4.69, 9.17) is 22.1 Å². The number of amides is 1. The molecule has 1 amide bonds. The van der Waals surface area contributed by atoms with Gasteiger partial charge in [0.15, 0.2) is 5.96 Å². The van der Waals surface area contributed by atoms with Crippen LogP contribution in [0.4, 0.5) is 11.4 Å². The molecule has 6 nitrogen and oxygen atoms in total. The van der Waals surface area contributed by atoms with E-state index in [2.05, 4.69) is 31.6 Å². The molecule has 26 heavy (non-hydrogen) atoms. The Labute approximate surface area is 165 Å². The molecule has 0 heterocycles. The molecular weight excluding hydrogens is 420 g/mol. The Bertz CT molecular complexity index is 827. The second-order valence-corrected chi connectivity index (χ2v) is 6.82. The molecule has 0 aliphatic carbocycles. The second-order valence-electron chi connectivity index (χ2n) is 5.50. The third-order valence-corrected chi connectivity index (χ3v) is 4.30. The lowest BCUT2D eigenvalue weighted by molar-refractivity contribution is -0.116. The first kappa shape index (κ1) is 20.1. The third kappa shape index (κ3) is 5.93. The van der Waals surface area contributed by atoms with Crippen LogP contribution in [0.1, 0.15) is 12.0 Å². The summed E-state index contributed by atoms with van der Waals surface area (Å²) < 4.78 is 6.06. The van der Waals surface area contributed by atoms with E-state index < -0.39 is 0 Å². The van der Waals surface area contributed by atoms with E-state index in [-0.39, 0.29) is 24.8 Å². The van der Waals surface area contributed by atoms with Gasteiger partial charge in [-0.2, -0.15) is 0 Å². The Morgan fingerprint density at radius 1 is 1.27 bits per heavy atom. The van der Waals surface area contributed by atoms with Crippen LogP contribution in [-0.4, -0.2) is 25.5 Å². The highest BCUT2D eigenvalue weighted by atomic mass is 79.9. The van der Waals surface area contributed by atoms with Gasteiger partial charge in [-0.05, 0) is 48.9 Å². The first-order chi connectivity index (χ1) is 12.4. The van der Waals surface area contributed by atoms with Gasteiger partial charge in [0, 0.05) is 22.3 Å². The van der Waals surface area contributed by atoms with Crippen LogP contribution in [-0.2, 0) is 4.79 Å². The summed E-state index contributed by atoms with van der Waals surface area (Å²) in [6, 6.07) is 10.9. The number of carbonyl (C=O) groups excluding carboxylic acids is 1. The molecule has 4 N–H and O–H groups in total. The van der Waals surface area contributed by atoms with Crippen LogP contribution in [0.15, 0.2) is 45.9 Å². The maximum atomic E-state index is 12.0. The summed E-state index contributed by atoms with van der Waals surface area (Å²) in [6.07, 6.45) is 0.223. The van der Waals surface area contributed by atoms with Gasteiger partial charge < -0.3 is 21.1 Å². The number of carbonyl (C=O) groups is 1. The lowest BCUT2D eigenvalue weighted by atomic mass is 10.2. The van der Waals surface area contributed by atoms with E-state index in [1.165, 1.54) is 0 Å². The number of guanidine groups is 1. The number of aliphatic imine (C=N–C) groups is 1. The van der Waals surface area contributed by atoms with Crippen molar-refractivity contribution in [2.24, 2.45) is 10.7 Å². The molecule has 8 heteroatoms. The lowest BCUT2D eigenvalue weighted by Gasteiger charge is -2.09. The molecule has 0 saturated carbocycles. The van der Waals surface area contributed by atoms with Crippen molar-refractivity contribution in [3.05, 3.63) is 51.5 Å². The number of ether oxygens (including phenoxy) is 1. The molecule has 2 rings (SSSR count). The number of hydrogen-bond acceptors (Lipinski definition) is 3. The Hall–Kier alpha value is -2.25. The molecule has 138 valence electrons. The molecule has 0 bridgehead atoms. The third-order valence-electron chi connectivity index (χ3n) is 3.51. The molecule has 2 aromatic rings. The zero-order chi connectivity index (χ0) is 19.1. The van der Waals surface area contributed by atoms with Crippen molar-refractivity contribution in [2.45, 2.75) is 13.3 Å². The summed E-state index contributed by atoms with van der Waals surface area (Å²) in [4.78, 5) is 16.2. The molecule has 0 radical (unpaired) electrons. The van der Waals surface area contributed by atoms with Crippen molar-refractivity contribution in [1.82, 2.24) is 0 Å². The van der Waals surface area contributed by atoms with E-state index in [0.717, 1.165) is 15.7 Å². The monoisotopic (exact) mass is 438 g/mol. The molecule has 0 spiro atoms. The van der Waals surface area contributed by atoms with Gasteiger partial charge in [0.2, 0.25) is 5.91 Å². The predicted molar refractivity (Wildman–Crippen MR) is 110 cm³/mol. The predicted octanol–water partition coefficient (Wildman–Crippen LogP) is 4.17. The van der Waals surface area contributed by atoms with Crippen LogP contribution in [0.5, 0.6) is 5.75 Å². The fraction of sp³-hybridized carbons (Fsp3) is 0.222. The summed E-state index contributed by atoms with van der Waals surface area (Å²) in [6.45, 7) is 2.20. The first-order valence-electron chi connectivity index (χ1n) is 7.85. The fourth-order valence-corrected chi connectivity index (χ4v) is 2.92. The quantitative estimate of drug-likeness (QED) is 0.465. The zero-order valence-corrected chi connectivity index (χ0v) is 16.8. The van der Waals surface area contributed by atoms with Crippen molar-refractivity contribution in [2.75, 3.05) is 24.3 Å². The Kier molecular flexibility index (Phi) is 7.29. The Morgan fingerprint density at radius 3 is 2.69 bits per heavy atom.